The Morgan fingerprint density at radius 2 is 1.77 bits per heavy atom. The van der Waals surface area contributed by atoms with Gasteiger partial charge in [0.2, 0.25) is 0 Å². The lowest BCUT2D eigenvalue weighted by molar-refractivity contribution is -0.145. The molecule has 4 nitrogen and oxygen atoms in total. The largest absolute Gasteiger partial charge is 0.481 e. The Kier molecular flexibility index (Phi) is 4.70. The second kappa shape index (κ2) is 6.68. The summed E-state index contributed by atoms with van der Waals surface area (Å²) in [6.07, 6.45) is 0.171. The van der Waals surface area contributed by atoms with Gasteiger partial charge < -0.3 is 5.11 Å². The van der Waals surface area contributed by atoms with Gasteiger partial charge in [-0.25, -0.2) is 0 Å². The predicted octanol–water partition coefficient (Wildman–Crippen LogP) is 3.06. The molecule has 0 heterocycles. The zero-order valence-electron chi connectivity index (χ0n) is 12.1. The van der Waals surface area contributed by atoms with Gasteiger partial charge in [-0.1, -0.05) is 42.5 Å². The summed E-state index contributed by atoms with van der Waals surface area (Å²) in [4.78, 5) is 22.4. The first kappa shape index (κ1) is 15.5. The minimum Gasteiger partial charge on any atom is -0.481 e. The number of carboxylic acids is 1. The van der Waals surface area contributed by atoms with Crippen molar-refractivity contribution in [2.45, 2.75) is 13.3 Å². The molecule has 0 aliphatic rings. The second-order valence-electron chi connectivity index (χ2n) is 5.06. The quantitative estimate of drug-likeness (QED) is 0.859. The normalized spacial score (nSPS) is 11.5. The smallest absolute Gasteiger partial charge is 0.314 e. The molecule has 2 aromatic carbocycles. The van der Waals surface area contributed by atoms with Crippen LogP contribution in [-0.4, -0.2) is 16.9 Å². The van der Waals surface area contributed by atoms with Crippen LogP contribution in [0.2, 0.25) is 0 Å². The number of nitriles is 1. The summed E-state index contributed by atoms with van der Waals surface area (Å²) in [5.74, 6) is -2.48. The van der Waals surface area contributed by atoms with Gasteiger partial charge in [-0.15, -0.1) is 0 Å². The molecule has 0 saturated carbocycles. The van der Waals surface area contributed by atoms with E-state index in [2.05, 4.69) is 6.07 Å². The van der Waals surface area contributed by atoms with Gasteiger partial charge in [0, 0.05) is 0 Å². The molecule has 0 amide bonds. The third-order valence-corrected chi connectivity index (χ3v) is 3.54. The van der Waals surface area contributed by atoms with Gasteiger partial charge >= 0.3 is 5.97 Å². The molecule has 0 saturated heterocycles. The molecule has 0 spiro atoms. The van der Waals surface area contributed by atoms with E-state index in [1.54, 1.807) is 24.3 Å². The van der Waals surface area contributed by atoms with Crippen molar-refractivity contribution in [2.24, 2.45) is 5.92 Å². The fourth-order valence-corrected chi connectivity index (χ4v) is 2.29. The van der Waals surface area contributed by atoms with Crippen LogP contribution in [0.15, 0.2) is 48.5 Å². The zero-order valence-corrected chi connectivity index (χ0v) is 12.1. The zero-order chi connectivity index (χ0) is 16.1. The summed E-state index contributed by atoms with van der Waals surface area (Å²) in [5.41, 5.74) is 3.08. The molecule has 2 rings (SSSR count). The molecular formula is C18H15NO3. The van der Waals surface area contributed by atoms with Gasteiger partial charge in [0.15, 0.2) is 0 Å². The van der Waals surface area contributed by atoms with E-state index >= 15 is 0 Å². The van der Waals surface area contributed by atoms with E-state index in [1.165, 1.54) is 6.92 Å². The minimum atomic E-state index is -1.11. The average Bonchev–Trinajstić information content (AvgIpc) is 2.52. The molecule has 1 N–H and O–H groups in total. The molecule has 1 unspecified atom stereocenters. The van der Waals surface area contributed by atoms with E-state index in [1.807, 2.05) is 24.3 Å². The molecule has 0 bridgehead atoms. The first-order valence-electron chi connectivity index (χ1n) is 6.84. The highest BCUT2D eigenvalue weighted by molar-refractivity contribution is 5.97. The molecule has 22 heavy (non-hydrogen) atoms. The molecular weight excluding hydrogens is 278 g/mol. The Hall–Kier alpha value is -2.93. The Morgan fingerprint density at radius 1 is 1.14 bits per heavy atom. The summed E-state index contributed by atoms with van der Waals surface area (Å²) in [7, 11) is 0. The Bertz CT molecular complexity index is 728. The third kappa shape index (κ3) is 3.39. The fourth-order valence-electron chi connectivity index (χ4n) is 2.29. The molecule has 0 aromatic heterocycles. The summed E-state index contributed by atoms with van der Waals surface area (Å²) in [6, 6.07) is 16.7. The SMILES string of the molecule is CC(=O)C(Cc1ccc(-c2ccccc2C#N)cc1)C(=O)O. The monoisotopic (exact) mass is 293 g/mol. The van der Waals surface area contributed by atoms with Crippen LogP contribution in [0, 0.1) is 17.2 Å². The van der Waals surface area contributed by atoms with Crippen LogP contribution in [0.4, 0.5) is 0 Å². The van der Waals surface area contributed by atoms with Crippen LogP contribution < -0.4 is 0 Å². The van der Waals surface area contributed by atoms with Crippen molar-refractivity contribution in [2.75, 3.05) is 0 Å². The lowest BCUT2D eigenvalue weighted by atomic mass is 9.94. The third-order valence-electron chi connectivity index (χ3n) is 3.54. The lowest BCUT2D eigenvalue weighted by Gasteiger charge is -2.10. The van der Waals surface area contributed by atoms with Crippen LogP contribution in [0.3, 0.4) is 0 Å². The highest BCUT2D eigenvalue weighted by atomic mass is 16.4. The number of carbonyl (C=O) groups is 2. The van der Waals surface area contributed by atoms with Gasteiger partial charge in [0.1, 0.15) is 11.7 Å². The topological polar surface area (TPSA) is 78.2 Å². The van der Waals surface area contributed by atoms with Gasteiger partial charge in [-0.3, -0.25) is 9.59 Å². The van der Waals surface area contributed by atoms with Crippen molar-refractivity contribution < 1.29 is 14.7 Å². The van der Waals surface area contributed by atoms with Crippen molar-refractivity contribution in [3.05, 3.63) is 59.7 Å². The molecule has 4 heteroatoms. The van der Waals surface area contributed by atoms with Crippen LogP contribution in [0.1, 0.15) is 18.1 Å². The maximum atomic E-state index is 11.3. The van der Waals surface area contributed by atoms with Crippen LogP contribution in [-0.2, 0) is 16.0 Å². The molecule has 110 valence electrons. The van der Waals surface area contributed by atoms with E-state index in [0.29, 0.717) is 5.56 Å². The lowest BCUT2D eigenvalue weighted by Crippen LogP contribution is -2.23. The number of benzene rings is 2. The summed E-state index contributed by atoms with van der Waals surface area (Å²) < 4.78 is 0. The standard InChI is InChI=1S/C18H15NO3/c1-12(20)17(18(21)22)10-13-6-8-14(9-7-13)16-5-3-2-4-15(16)11-19/h2-9,17H,10H2,1H3,(H,21,22). The number of carbonyl (C=O) groups excluding carboxylic acids is 1. The minimum absolute atomic E-state index is 0.171. The molecule has 2 aromatic rings. The number of carboxylic acid groups (broad SMARTS) is 1. The molecule has 0 radical (unpaired) electrons. The number of Topliss-reactive ketones (excluding diaryl/α,β-unsaturated/α-hetero) is 1. The summed E-state index contributed by atoms with van der Waals surface area (Å²) >= 11 is 0. The number of ketones is 1. The number of rotatable bonds is 5. The molecule has 0 aliphatic heterocycles. The molecule has 1 atom stereocenters. The highest BCUT2D eigenvalue weighted by Crippen LogP contribution is 2.24. The van der Waals surface area contributed by atoms with Crippen molar-refractivity contribution in [3.63, 3.8) is 0 Å². The molecule has 0 fully saturated rings. The maximum Gasteiger partial charge on any atom is 0.314 e. The van der Waals surface area contributed by atoms with E-state index in [-0.39, 0.29) is 12.2 Å². The summed E-state index contributed by atoms with van der Waals surface area (Å²) in [5, 5.41) is 18.2. The van der Waals surface area contributed by atoms with Crippen molar-refractivity contribution in [1.82, 2.24) is 0 Å². The Balaban J connectivity index is 2.26. The van der Waals surface area contributed by atoms with Crippen molar-refractivity contribution >= 4 is 11.8 Å². The first-order chi connectivity index (χ1) is 10.5. The van der Waals surface area contributed by atoms with E-state index in [4.69, 9.17) is 10.4 Å². The Labute approximate surface area is 128 Å². The number of aliphatic carboxylic acids is 1. The van der Waals surface area contributed by atoms with Gasteiger partial charge in [-0.05, 0) is 36.1 Å². The van der Waals surface area contributed by atoms with E-state index < -0.39 is 11.9 Å². The predicted molar refractivity (Wildman–Crippen MR) is 82.1 cm³/mol. The average molecular weight is 293 g/mol. The van der Waals surface area contributed by atoms with Gasteiger partial charge in [0.25, 0.3) is 0 Å². The molecule has 0 aliphatic carbocycles. The number of nitrogens with zero attached hydrogens (tertiary/aromatic N) is 1. The van der Waals surface area contributed by atoms with Crippen LogP contribution in [0.5, 0.6) is 0 Å². The highest BCUT2D eigenvalue weighted by Gasteiger charge is 2.22. The number of hydrogen-bond donors (Lipinski definition) is 1. The summed E-state index contributed by atoms with van der Waals surface area (Å²) in [6.45, 7) is 1.29. The van der Waals surface area contributed by atoms with Crippen molar-refractivity contribution in [1.29, 1.82) is 5.26 Å². The van der Waals surface area contributed by atoms with Gasteiger partial charge in [-0.2, -0.15) is 5.26 Å². The Morgan fingerprint density at radius 3 is 2.32 bits per heavy atom. The fraction of sp³-hybridized carbons (Fsp3) is 0.167. The second-order valence-corrected chi connectivity index (χ2v) is 5.06. The van der Waals surface area contributed by atoms with Gasteiger partial charge in [0.05, 0.1) is 11.6 Å². The van der Waals surface area contributed by atoms with E-state index in [0.717, 1.165) is 16.7 Å². The van der Waals surface area contributed by atoms with E-state index in [9.17, 15) is 9.59 Å². The van der Waals surface area contributed by atoms with Crippen molar-refractivity contribution in [3.8, 4) is 17.2 Å². The van der Waals surface area contributed by atoms with Crippen LogP contribution in [0.25, 0.3) is 11.1 Å². The van der Waals surface area contributed by atoms with Crippen LogP contribution >= 0.6 is 0 Å². The number of hydrogen-bond acceptors (Lipinski definition) is 3. The maximum absolute atomic E-state index is 11.3. The first-order valence-corrected chi connectivity index (χ1v) is 6.84.